The van der Waals surface area contributed by atoms with Crippen LogP contribution in [0.2, 0.25) is 0 Å². The van der Waals surface area contributed by atoms with Crippen LogP contribution in [0.15, 0.2) is 30.3 Å². The first-order valence-electron chi connectivity index (χ1n) is 6.14. The smallest absolute Gasteiger partial charge is 0.312 e. The summed E-state index contributed by atoms with van der Waals surface area (Å²) in [7, 11) is -3.75. The predicted octanol–water partition coefficient (Wildman–Crippen LogP) is 3.42. The lowest BCUT2D eigenvalue weighted by Crippen LogP contribution is -2.34. The van der Waals surface area contributed by atoms with Gasteiger partial charge in [-0.1, -0.05) is 30.3 Å². The van der Waals surface area contributed by atoms with Gasteiger partial charge in [-0.25, -0.2) is 9.24 Å². The zero-order valence-electron chi connectivity index (χ0n) is 11.4. The Morgan fingerprint density at radius 2 is 1.67 bits per heavy atom. The second kappa shape index (κ2) is 6.48. The molecule has 0 bridgehead atoms. The van der Waals surface area contributed by atoms with Crippen molar-refractivity contribution in [1.29, 1.82) is 0 Å². The lowest BCUT2D eigenvalue weighted by molar-refractivity contribution is 0.161. The van der Waals surface area contributed by atoms with Gasteiger partial charge in [0.25, 0.3) is 0 Å². The van der Waals surface area contributed by atoms with E-state index in [9.17, 15) is 9.46 Å². The van der Waals surface area contributed by atoms with Gasteiger partial charge >= 0.3 is 7.75 Å². The van der Waals surface area contributed by atoms with E-state index < -0.39 is 7.75 Å². The van der Waals surface area contributed by atoms with E-state index in [2.05, 4.69) is 0 Å². The molecule has 18 heavy (non-hydrogen) atoms. The minimum absolute atomic E-state index is 0.0448. The van der Waals surface area contributed by atoms with E-state index in [1.54, 1.807) is 0 Å². The second-order valence-electron chi connectivity index (χ2n) is 4.82. The first-order valence-corrected chi connectivity index (χ1v) is 7.67. The van der Waals surface area contributed by atoms with Crippen LogP contribution in [-0.4, -0.2) is 21.6 Å². The van der Waals surface area contributed by atoms with Crippen molar-refractivity contribution in [1.82, 2.24) is 4.67 Å². The van der Waals surface area contributed by atoms with Crippen molar-refractivity contribution in [2.75, 3.05) is 0 Å². The summed E-state index contributed by atoms with van der Waals surface area (Å²) in [6.45, 7) is 7.68. The standard InChI is InChI=1S/C13H22NO3P/c1-11(2)14(12(3)4)18(15,16)17-10-13-8-6-5-7-9-13/h5-9,11-12H,10H2,1-4H3,(H,15,16). The van der Waals surface area contributed by atoms with Gasteiger partial charge in [0.1, 0.15) is 0 Å². The molecule has 0 spiro atoms. The highest BCUT2D eigenvalue weighted by Gasteiger charge is 2.34. The number of hydrogen-bond acceptors (Lipinski definition) is 2. The molecule has 5 heteroatoms. The Kier molecular flexibility index (Phi) is 5.54. The molecule has 4 nitrogen and oxygen atoms in total. The van der Waals surface area contributed by atoms with E-state index in [1.807, 2.05) is 58.0 Å². The molecule has 102 valence electrons. The molecule has 0 heterocycles. The van der Waals surface area contributed by atoms with Gasteiger partial charge in [-0.2, -0.15) is 0 Å². The zero-order chi connectivity index (χ0) is 13.8. The van der Waals surface area contributed by atoms with Crippen molar-refractivity contribution in [3.05, 3.63) is 35.9 Å². The molecule has 0 amide bonds. The van der Waals surface area contributed by atoms with Crippen molar-refractivity contribution in [3.8, 4) is 0 Å². The van der Waals surface area contributed by atoms with Gasteiger partial charge in [0.05, 0.1) is 6.61 Å². The summed E-state index contributed by atoms with van der Waals surface area (Å²) < 4.78 is 19.0. The van der Waals surface area contributed by atoms with Crippen molar-refractivity contribution < 1.29 is 14.0 Å². The maximum atomic E-state index is 12.2. The zero-order valence-corrected chi connectivity index (χ0v) is 12.3. The molecule has 0 saturated heterocycles. The van der Waals surface area contributed by atoms with Crippen LogP contribution < -0.4 is 0 Å². The van der Waals surface area contributed by atoms with Crippen molar-refractivity contribution in [2.45, 2.75) is 46.4 Å². The summed E-state index contributed by atoms with van der Waals surface area (Å²) >= 11 is 0. The van der Waals surface area contributed by atoms with E-state index in [1.165, 1.54) is 4.67 Å². The normalized spacial score (nSPS) is 15.3. The molecule has 1 unspecified atom stereocenters. The van der Waals surface area contributed by atoms with Gasteiger partial charge in [-0.15, -0.1) is 0 Å². The van der Waals surface area contributed by atoms with Crippen LogP contribution in [-0.2, 0) is 15.7 Å². The quantitative estimate of drug-likeness (QED) is 0.805. The van der Waals surface area contributed by atoms with Gasteiger partial charge in [0.15, 0.2) is 0 Å². The molecule has 0 radical (unpaired) electrons. The van der Waals surface area contributed by atoms with Gasteiger partial charge < -0.3 is 4.89 Å². The lowest BCUT2D eigenvalue weighted by atomic mass is 10.2. The molecule has 1 N–H and O–H groups in total. The second-order valence-corrected chi connectivity index (χ2v) is 6.52. The van der Waals surface area contributed by atoms with Crippen molar-refractivity contribution in [2.24, 2.45) is 0 Å². The van der Waals surface area contributed by atoms with Crippen molar-refractivity contribution >= 4 is 7.75 Å². The summed E-state index contributed by atoms with van der Waals surface area (Å²) in [5, 5.41) is 0. The molecular formula is C13H22NO3P. The maximum Gasteiger partial charge on any atom is 0.406 e. The SMILES string of the molecule is CC(C)N(C(C)C)P(=O)(O)OCc1ccccc1. The van der Waals surface area contributed by atoms with E-state index >= 15 is 0 Å². The molecule has 0 fully saturated rings. The third-order valence-electron chi connectivity index (χ3n) is 2.59. The Labute approximate surface area is 109 Å². The molecular weight excluding hydrogens is 249 g/mol. The van der Waals surface area contributed by atoms with Crippen LogP contribution in [0.1, 0.15) is 33.3 Å². The van der Waals surface area contributed by atoms with E-state index in [0.29, 0.717) is 0 Å². The summed E-state index contributed by atoms with van der Waals surface area (Å²) in [6.07, 6.45) is 0. The van der Waals surface area contributed by atoms with Gasteiger partial charge in [0, 0.05) is 12.1 Å². The van der Waals surface area contributed by atoms with Crippen molar-refractivity contribution in [3.63, 3.8) is 0 Å². The molecule has 1 aromatic carbocycles. The molecule has 0 aliphatic heterocycles. The van der Waals surface area contributed by atoms with Crippen LogP contribution in [0.5, 0.6) is 0 Å². The largest absolute Gasteiger partial charge is 0.406 e. The molecule has 1 aromatic rings. The Balaban J connectivity index is 2.72. The molecule has 0 aliphatic rings. The fourth-order valence-electron chi connectivity index (χ4n) is 1.98. The van der Waals surface area contributed by atoms with Gasteiger partial charge in [0.2, 0.25) is 0 Å². The first kappa shape index (κ1) is 15.4. The number of rotatable bonds is 6. The maximum absolute atomic E-state index is 12.2. The Hall–Kier alpha value is -0.670. The monoisotopic (exact) mass is 271 g/mol. The van der Waals surface area contributed by atoms with E-state index in [4.69, 9.17) is 4.52 Å². The van der Waals surface area contributed by atoms with Crippen LogP contribution in [0, 0.1) is 0 Å². The van der Waals surface area contributed by atoms with E-state index in [-0.39, 0.29) is 18.7 Å². The molecule has 1 rings (SSSR count). The van der Waals surface area contributed by atoms with Crippen LogP contribution in [0.25, 0.3) is 0 Å². The average molecular weight is 271 g/mol. The molecule has 1 atom stereocenters. The first-order chi connectivity index (χ1) is 8.34. The van der Waals surface area contributed by atoms with Crippen LogP contribution >= 0.6 is 7.75 Å². The highest BCUT2D eigenvalue weighted by atomic mass is 31.2. The average Bonchev–Trinajstić information content (AvgIpc) is 2.26. The molecule has 0 aromatic heterocycles. The summed E-state index contributed by atoms with van der Waals surface area (Å²) in [5.41, 5.74) is 0.888. The highest BCUT2D eigenvalue weighted by molar-refractivity contribution is 7.50. The molecule has 0 aliphatic carbocycles. The van der Waals surface area contributed by atoms with E-state index in [0.717, 1.165) is 5.56 Å². The number of hydrogen-bond donors (Lipinski definition) is 1. The van der Waals surface area contributed by atoms with Gasteiger partial charge in [-0.05, 0) is 33.3 Å². The number of benzene rings is 1. The predicted molar refractivity (Wildman–Crippen MR) is 73.2 cm³/mol. The topological polar surface area (TPSA) is 49.8 Å². The Bertz CT molecular complexity index is 398. The summed E-state index contributed by atoms with van der Waals surface area (Å²) in [6, 6.07) is 9.31. The third kappa shape index (κ3) is 4.21. The fourth-order valence-corrected chi connectivity index (χ4v) is 3.60. The summed E-state index contributed by atoms with van der Waals surface area (Å²) in [4.78, 5) is 10.0. The summed E-state index contributed by atoms with van der Waals surface area (Å²) in [5.74, 6) is 0. The minimum atomic E-state index is -3.75. The minimum Gasteiger partial charge on any atom is -0.312 e. The number of nitrogens with zero attached hydrogens (tertiary/aromatic N) is 1. The Morgan fingerprint density at radius 3 is 2.11 bits per heavy atom. The molecule has 0 saturated carbocycles. The Morgan fingerprint density at radius 1 is 1.17 bits per heavy atom. The highest BCUT2D eigenvalue weighted by Crippen LogP contribution is 2.49. The third-order valence-corrected chi connectivity index (χ3v) is 4.57. The van der Waals surface area contributed by atoms with Crippen LogP contribution in [0.4, 0.5) is 0 Å². The lowest BCUT2D eigenvalue weighted by Gasteiger charge is -2.33. The van der Waals surface area contributed by atoms with Crippen LogP contribution in [0.3, 0.4) is 0 Å². The fraction of sp³-hybridized carbons (Fsp3) is 0.538. The van der Waals surface area contributed by atoms with Gasteiger partial charge in [-0.3, -0.25) is 4.52 Å².